The fraction of sp³-hybridized carbons (Fsp3) is 0.667. The van der Waals surface area contributed by atoms with E-state index in [2.05, 4.69) is 35.9 Å². The quantitative estimate of drug-likeness (QED) is 0.922. The molecule has 0 aromatic heterocycles. The zero-order chi connectivity index (χ0) is 14.8. The Kier molecular flexibility index (Phi) is 4.63. The molecule has 0 aliphatic carbocycles. The van der Waals surface area contributed by atoms with Gasteiger partial charge in [-0.15, -0.1) is 0 Å². The molecule has 21 heavy (non-hydrogen) atoms. The van der Waals surface area contributed by atoms with E-state index in [9.17, 15) is 5.11 Å². The van der Waals surface area contributed by atoms with E-state index < -0.39 is 0 Å². The first kappa shape index (κ1) is 15.0. The topological polar surface area (TPSA) is 26.7 Å². The van der Waals surface area contributed by atoms with Gasteiger partial charge in [-0.2, -0.15) is 0 Å². The van der Waals surface area contributed by atoms with Crippen LogP contribution in [-0.4, -0.2) is 53.7 Å². The zero-order valence-corrected chi connectivity index (χ0v) is 13.3. The van der Waals surface area contributed by atoms with Crippen LogP contribution in [0.2, 0.25) is 0 Å². The van der Waals surface area contributed by atoms with Crippen molar-refractivity contribution in [1.29, 1.82) is 0 Å². The van der Waals surface area contributed by atoms with E-state index in [4.69, 9.17) is 0 Å². The van der Waals surface area contributed by atoms with Crippen LogP contribution >= 0.6 is 0 Å². The highest BCUT2D eigenvalue weighted by atomic mass is 16.3. The van der Waals surface area contributed by atoms with E-state index in [0.29, 0.717) is 0 Å². The minimum atomic E-state index is -0.329. The molecule has 0 radical (unpaired) electrons. The molecule has 3 nitrogen and oxygen atoms in total. The Morgan fingerprint density at radius 2 is 1.95 bits per heavy atom. The summed E-state index contributed by atoms with van der Waals surface area (Å²) in [5.41, 5.74) is 2.28. The summed E-state index contributed by atoms with van der Waals surface area (Å²) in [5.74, 6) is 0. The molecule has 2 fully saturated rings. The van der Waals surface area contributed by atoms with Crippen LogP contribution in [-0.2, 0) is 0 Å². The first-order valence-electron chi connectivity index (χ1n) is 8.33. The highest BCUT2D eigenvalue weighted by molar-refractivity contribution is 5.27. The number of rotatable bonds is 4. The molecule has 3 unspecified atom stereocenters. The molecule has 0 spiro atoms. The summed E-state index contributed by atoms with van der Waals surface area (Å²) in [6, 6.07) is 9.71. The van der Waals surface area contributed by atoms with Gasteiger partial charge in [0.1, 0.15) is 0 Å². The van der Waals surface area contributed by atoms with Crippen LogP contribution in [0.5, 0.6) is 0 Å². The summed E-state index contributed by atoms with van der Waals surface area (Å²) in [5, 5.41) is 10.4. The molecule has 2 aliphatic rings. The van der Waals surface area contributed by atoms with Crippen molar-refractivity contribution in [3.63, 3.8) is 0 Å². The van der Waals surface area contributed by atoms with Gasteiger partial charge in [-0.05, 0) is 57.3 Å². The average molecular weight is 288 g/mol. The molecule has 0 amide bonds. The Bertz CT molecular complexity index is 476. The second-order valence-electron chi connectivity index (χ2n) is 6.80. The number of hydrogen-bond donors (Lipinski definition) is 1. The monoisotopic (exact) mass is 288 g/mol. The lowest BCUT2D eigenvalue weighted by atomic mass is 10.0. The van der Waals surface area contributed by atoms with Crippen molar-refractivity contribution in [2.75, 3.05) is 26.7 Å². The van der Waals surface area contributed by atoms with E-state index in [0.717, 1.165) is 30.6 Å². The van der Waals surface area contributed by atoms with Gasteiger partial charge in [0, 0.05) is 25.2 Å². The van der Waals surface area contributed by atoms with E-state index in [-0.39, 0.29) is 6.10 Å². The lowest BCUT2D eigenvalue weighted by Crippen LogP contribution is -2.37. The Hall–Kier alpha value is -0.900. The summed E-state index contributed by atoms with van der Waals surface area (Å²) in [4.78, 5) is 5.14. The fourth-order valence-corrected chi connectivity index (χ4v) is 4.00. The summed E-state index contributed by atoms with van der Waals surface area (Å²) >= 11 is 0. The zero-order valence-electron chi connectivity index (χ0n) is 13.3. The number of aliphatic hydroxyl groups excluding tert-OH is 1. The van der Waals surface area contributed by atoms with Crippen molar-refractivity contribution in [2.24, 2.45) is 0 Å². The molecule has 1 aromatic rings. The summed E-state index contributed by atoms with van der Waals surface area (Å²) in [6.45, 7) is 5.45. The molecule has 3 rings (SSSR count). The van der Waals surface area contributed by atoms with Gasteiger partial charge in [-0.25, -0.2) is 0 Å². The van der Waals surface area contributed by atoms with Gasteiger partial charge in [0.25, 0.3) is 0 Å². The van der Waals surface area contributed by atoms with Crippen molar-refractivity contribution in [3.8, 4) is 0 Å². The molecule has 3 heteroatoms. The van der Waals surface area contributed by atoms with Gasteiger partial charge in [0.05, 0.1) is 6.10 Å². The molecule has 1 aromatic carbocycles. The first-order chi connectivity index (χ1) is 10.1. The standard InChI is InChI=1S/C18H28N2O/c1-14-5-3-4-6-17(14)18(21)10-12-20-11-9-15-7-8-16(13-20)19(15)2/h3-6,15-16,18,21H,7-13H2,1-2H3. The largest absolute Gasteiger partial charge is 0.388 e. The second kappa shape index (κ2) is 6.47. The average Bonchev–Trinajstić information content (AvgIpc) is 2.72. The number of hydrogen-bond acceptors (Lipinski definition) is 3. The molecule has 116 valence electrons. The molecule has 2 aliphatic heterocycles. The molecule has 0 saturated carbocycles. The summed E-state index contributed by atoms with van der Waals surface area (Å²) in [7, 11) is 2.29. The van der Waals surface area contributed by atoms with E-state index in [1.54, 1.807) is 0 Å². The Morgan fingerprint density at radius 1 is 1.19 bits per heavy atom. The number of nitrogens with zero attached hydrogens (tertiary/aromatic N) is 2. The Balaban J connectivity index is 1.54. The Morgan fingerprint density at radius 3 is 2.76 bits per heavy atom. The first-order valence-corrected chi connectivity index (χ1v) is 8.33. The van der Waals surface area contributed by atoms with Gasteiger partial charge < -0.3 is 10.0 Å². The maximum atomic E-state index is 10.4. The predicted octanol–water partition coefficient (Wildman–Crippen LogP) is 2.59. The fourth-order valence-electron chi connectivity index (χ4n) is 4.00. The van der Waals surface area contributed by atoms with Crippen LogP contribution in [0.25, 0.3) is 0 Å². The number of benzene rings is 1. The molecule has 3 atom stereocenters. The van der Waals surface area contributed by atoms with Crippen molar-refractivity contribution < 1.29 is 5.11 Å². The molecule has 2 heterocycles. The molecular weight excluding hydrogens is 260 g/mol. The molecular formula is C18H28N2O. The number of likely N-dealkylation sites (tertiary alicyclic amines) is 1. The van der Waals surface area contributed by atoms with Gasteiger partial charge >= 0.3 is 0 Å². The number of fused-ring (bicyclic) bond motifs is 2. The van der Waals surface area contributed by atoms with Crippen LogP contribution in [0.15, 0.2) is 24.3 Å². The van der Waals surface area contributed by atoms with Crippen molar-refractivity contribution >= 4 is 0 Å². The number of aliphatic hydroxyl groups is 1. The number of aryl methyl sites for hydroxylation is 1. The van der Waals surface area contributed by atoms with Gasteiger partial charge in [0.15, 0.2) is 0 Å². The lowest BCUT2D eigenvalue weighted by Gasteiger charge is -2.26. The van der Waals surface area contributed by atoms with Gasteiger partial charge in [-0.3, -0.25) is 4.90 Å². The van der Waals surface area contributed by atoms with Crippen LogP contribution in [0, 0.1) is 6.92 Å². The third-order valence-electron chi connectivity index (χ3n) is 5.50. The highest BCUT2D eigenvalue weighted by Gasteiger charge is 2.34. The minimum absolute atomic E-state index is 0.329. The minimum Gasteiger partial charge on any atom is -0.388 e. The predicted molar refractivity (Wildman–Crippen MR) is 86.4 cm³/mol. The maximum Gasteiger partial charge on any atom is 0.0804 e. The van der Waals surface area contributed by atoms with E-state index >= 15 is 0 Å². The Labute approximate surface area is 128 Å². The van der Waals surface area contributed by atoms with Crippen LogP contribution in [0.3, 0.4) is 0 Å². The van der Waals surface area contributed by atoms with Gasteiger partial charge in [-0.1, -0.05) is 24.3 Å². The van der Waals surface area contributed by atoms with E-state index in [1.165, 1.54) is 37.9 Å². The van der Waals surface area contributed by atoms with Crippen molar-refractivity contribution in [3.05, 3.63) is 35.4 Å². The maximum absolute atomic E-state index is 10.4. The van der Waals surface area contributed by atoms with Crippen LogP contribution < -0.4 is 0 Å². The molecule has 2 saturated heterocycles. The van der Waals surface area contributed by atoms with Crippen LogP contribution in [0.4, 0.5) is 0 Å². The smallest absolute Gasteiger partial charge is 0.0804 e. The molecule has 1 N–H and O–H groups in total. The normalized spacial score (nSPS) is 28.5. The van der Waals surface area contributed by atoms with Gasteiger partial charge in [0.2, 0.25) is 0 Å². The van der Waals surface area contributed by atoms with E-state index in [1.807, 2.05) is 12.1 Å². The van der Waals surface area contributed by atoms with Crippen molar-refractivity contribution in [2.45, 2.75) is 50.8 Å². The summed E-state index contributed by atoms with van der Waals surface area (Å²) < 4.78 is 0. The third kappa shape index (κ3) is 3.31. The number of likely N-dealkylation sites (N-methyl/N-ethyl adjacent to an activating group) is 1. The lowest BCUT2D eigenvalue weighted by molar-refractivity contribution is 0.136. The summed E-state index contributed by atoms with van der Waals surface area (Å²) in [6.07, 6.45) is 4.52. The highest BCUT2D eigenvalue weighted by Crippen LogP contribution is 2.29. The SMILES string of the molecule is Cc1ccccc1C(O)CCN1CCC2CCC(C1)N2C. The second-order valence-corrected chi connectivity index (χ2v) is 6.80. The van der Waals surface area contributed by atoms with Crippen molar-refractivity contribution in [1.82, 2.24) is 9.80 Å². The third-order valence-corrected chi connectivity index (χ3v) is 5.50. The van der Waals surface area contributed by atoms with Crippen LogP contribution in [0.1, 0.15) is 42.9 Å². The molecule has 2 bridgehead atoms.